The van der Waals surface area contributed by atoms with E-state index in [0.717, 1.165) is 49.9 Å². The summed E-state index contributed by atoms with van der Waals surface area (Å²) in [5, 5.41) is 4.36. The molecule has 0 spiro atoms. The van der Waals surface area contributed by atoms with E-state index in [2.05, 4.69) is 71.3 Å². The first-order valence-electron chi connectivity index (χ1n) is 15.6. The molecule has 2 aliphatic carbocycles. The Bertz CT molecular complexity index is 1480. The number of rotatable bonds is 8. The van der Waals surface area contributed by atoms with Gasteiger partial charge in [-0.25, -0.2) is 4.79 Å². The van der Waals surface area contributed by atoms with Crippen LogP contribution in [0.25, 0.3) is 11.1 Å². The lowest BCUT2D eigenvalue weighted by atomic mass is 9.86. The van der Waals surface area contributed by atoms with Crippen LogP contribution in [0.3, 0.4) is 0 Å². The molecule has 7 rings (SSSR count). The van der Waals surface area contributed by atoms with Crippen LogP contribution in [0.1, 0.15) is 84.7 Å². The van der Waals surface area contributed by atoms with Gasteiger partial charge in [-0.15, -0.1) is 0 Å². The highest BCUT2D eigenvalue weighted by Gasteiger charge is 2.33. The second kappa shape index (κ2) is 12.7. The van der Waals surface area contributed by atoms with Crippen molar-refractivity contribution in [2.75, 3.05) is 19.7 Å². The summed E-state index contributed by atoms with van der Waals surface area (Å²) in [4.78, 5) is 25.4. The molecule has 8 nitrogen and oxygen atoms in total. The molecule has 222 valence electrons. The van der Waals surface area contributed by atoms with Gasteiger partial charge >= 0.3 is 6.09 Å². The van der Waals surface area contributed by atoms with E-state index in [1.54, 1.807) is 0 Å². The van der Waals surface area contributed by atoms with Gasteiger partial charge in [-0.3, -0.25) is 4.84 Å². The summed E-state index contributed by atoms with van der Waals surface area (Å²) in [5.41, 5.74) is 9.32. The molecule has 0 radical (unpaired) electrons. The molecule has 43 heavy (non-hydrogen) atoms. The number of amides is 1. The van der Waals surface area contributed by atoms with Gasteiger partial charge in [-0.2, -0.15) is 10.5 Å². The predicted molar refractivity (Wildman–Crippen MR) is 162 cm³/mol. The highest BCUT2D eigenvalue weighted by molar-refractivity contribution is 5.79. The summed E-state index contributed by atoms with van der Waals surface area (Å²) in [6, 6.07) is 27.3. The molecule has 0 bridgehead atoms. The van der Waals surface area contributed by atoms with Gasteiger partial charge in [0.05, 0.1) is 6.61 Å². The van der Waals surface area contributed by atoms with Crippen molar-refractivity contribution >= 4 is 6.09 Å². The maximum absolute atomic E-state index is 13.0. The number of carbonyl (C=O) groups is 1. The topological polar surface area (TPSA) is 89.7 Å². The van der Waals surface area contributed by atoms with Crippen molar-refractivity contribution in [1.82, 2.24) is 20.5 Å². The van der Waals surface area contributed by atoms with Crippen LogP contribution in [-0.4, -0.2) is 46.9 Å². The van der Waals surface area contributed by atoms with Crippen molar-refractivity contribution in [2.24, 2.45) is 0 Å². The van der Waals surface area contributed by atoms with Crippen molar-refractivity contribution in [2.45, 2.75) is 68.9 Å². The van der Waals surface area contributed by atoms with Gasteiger partial charge in [0.1, 0.15) is 6.61 Å². The summed E-state index contributed by atoms with van der Waals surface area (Å²) < 4.78 is 11.6. The molecule has 1 aromatic heterocycles. The molecule has 3 aliphatic rings. The van der Waals surface area contributed by atoms with Crippen molar-refractivity contribution in [1.29, 1.82) is 0 Å². The van der Waals surface area contributed by atoms with Crippen molar-refractivity contribution < 1.29 is 18.9 Å². The van der Waals surface area contributed by atoms with Gasteiger partial charge in [-0.05, 0) is 66.3 Å². The molecule has 1 saturated carbocycles. The van der Waals surface area contributed by atoms with Crippen LogP contribution in [0.15, 0.2) is 83.4 Å². The number of piperidine rings is 1. The minimum Gasteiger partial charge on any atom is -0.448 e. The summed E-state index contributed by atoms with van der Waals surface area (Å²) in [6.45, 7) is 2.16. The number of fused-ring (bicyclic) bond motifs is 3. The van der Waals surface area contributed by atoms with Crippen molar-refractivity contribution in [3.63, 3.8) is 0 Å². The van der Waals surface area contributed by atoms with Crippen LogP contribution >= 0.6 is 0 Å². The Hall–Kier alpha value is -4.01. The highest BCUT2D eigenvalue weighted by Crippen LogP contribution is 2.44. The zero-order valence-corrected chi connectivity index (χ0v) is 24.4. The fourth-order valence-electron chi connectivity index (χ4n) is 6.86. The Balaban J connectivity index is 0.861. The summed E-state index contributed by atoms with van der Waals surface area (Å²) in [7, 11) is 0. The lowest BCUT2D eigenvalue weighted by Gasteiger charge is -2.30. The minimum absolute atomic E-state index is 0.0679. The molecular formula is C35H38N4O4. The second-order valence-corrected chi connectivity index (χ2v) is 12.0. The molecule has 1 amide bonds. The zero-order valence-electron chi connectivity index (χ0n) is 24.4. The van der Waals surface area contributed by atoms with E-state index < -0.39 is 0 Å². The molecule has 0 atom stereocenters. The molecular weight excluding hydrogens is 540 g/mol. The van der Waals surface area contributed by atoms with Crippen LogP contribution in [-0.2, 0) is 16.2 Å². The Labute approximate surface area is 252 Å². The minimum atomic E-state index is -0.246. The van der Waals surface area contributed by atoms with E-state index in [1.807, 2.05) is 23.1 Å². The van der Waals surface area contributed by atoms with E-state index in [4.69, 9.17) is 19.1 Å². The second-order valence-electron chi connectivity index (χ2n) is 12.0. The fraction of sp³-hybridized carbons (Fsp3) is 0.400. The molecule has 4 aromatic rings. The number of carbonyl (C=O) groups excluding carboxylic acids is 1. The van der Waals surface area contributed by atoms with Crippen LogP contribution < -0.4 is 5.48 Å². The number of likely N-dealkylation sites (tertiary alicyclic amines) is 1. The Morgan fingerprint density at radius 2 is 1.47 bits per heavy atom. The summed E-state index contributed by atoms with van der Waals surface area (Å²) >= 11 is 0. The van der Waals surface area contributed by atoms with Gasteiger partial charge in [0.15, 0.2) is 5.82 Å². The number of hydroxylamine groups is 1. The quantitative estimate of drug-likeness (QED) is 0.226. The van der Waals surface area contributed by atoms with Crippen molar-refractivity contribution in [3.05, 3.63) is 107 Å². The number of nitrogens with one attached hydrogen (secondary N) is 1. The number of aromatic nitrogens is 2. The van der Waals surface area contributed by atoms with Gasteiger partial charge in [0.2, 0.25) is 5.89 Å². The smallest absolute Gasteiger partial charge is 0.409 e. The lowest BCUT2D eigenvalue weighted by molar-refractivity contribution is -0.00603. The number of nitrogens with zero attached hydrogens (tertiary/aromatic N) is 3. The molecule has 2 heterocycles. The normalized spacial score (nSPS) is 20.5. The van der Waals surface area contributed by atoms with Gasteiger partial charge < -0.3 is 14.2 Å². The first kappa shape index (κ1) is 27.8. The standard InChI is InChI=1S/C35H38N4O4/c40-35(41-23-32-30-12-6-4-10-28(30)29-11-5-7-13-31(29)32)39-20-18-26(19-21-39)34-36-33(38-43-34)25-14-16-27(17-15-25)37-42-22-24-8-2-1-3-9-24/h1-13,25-27,32,37H,14-23H2/t25-,27-. The number of hydrogen-bond acceptors (Lipinski definition) is 7. The third-order valence-electron chi connectivity index (χ3n) is 9.32. The van der Waals surface area contributed by atoms with E-state index in [9.17, 15) is 4.79 Å². The average Bonchev–Trinajstić information content (AvgIpc) is 3.68. The Kier molecular flexibility index (Phi) is 8.21. The SMILES string of the molecule is O=C(OCC1c2ccccc2-c2ccccc21)N1CCC(c2nc([C@H]3CC[C@H](NOCc4ccccc4)CC3)no2)CC1. The molecule has 1 saturated heterocycles. The largest absolute Gasteiger partial charge is 0.448 e. The maximum Gasteiger partial charge on any atom is 0.409 e. The van der Waals surface area contributed by atoms with Gasteiger partial charge in [0, 0.05) is 36.9 Å². The van der Waals surface area contributed by atoms with Crippen molar-refractivity contribution in [3.8, 4) is 11.1 Å². The molecule has 8 heteroatoms. The number of ether oxygens (including phenoxy) is 1. The Morgan fingerprint density at radius 3 is 2.16 bits per heavy atom. The number of hydrogen-bond donors (Lipinski definition) is 1. The fourth-order valence-corrected chi connectivity index (χ4v) is 6.86. The van der Waals surface area contributed by atoms with Crippen LogP contribution in [0.2, 0.25) is 0 Å². The monoisotopic (exact) mass is 578 g/mol. The molecule has 1 N–H and O–H groups in total. The molecule has 3 aromatic carbocycles. The van der Waals surface area contributed by atoms with Crippen LogP contribution in [0, 0.1) is 0 Å². The first-order valence-corrected chi connectivity index (χ1v) is 15.6. The molecule has 1 aliphatic heterocycles. The van der Waals surface area contributed by atoms with Crippen LogP contribution in [0.5, 0.6) is 0 Å². The van der Waals surface area contributed by atoms with Crippen LogP contribution in [0.4, 0.5) is 4.79 Å². The number of benzene rings is 3. The van der Waals surface area contributed by atoms with E-state index in [0.29, 0.717) is 44.2 Å². The predicted octanol–water partition coefficient (Wildman–Crippen LogP) is 6.95. The van der Waals surface area contributed by atoms with E-state index >= 15 is 0 Å². The summed E-state index contributed by atoms with van der Waals surface area (Å²) in [6.07, 6.45) is 5.38. The Morgan fingerprint density at radius 1 is 0.814 bits per heavy atom. The maximum atomic E-state index is 13.0. The highest BCUT2D eigenvalue weighted by atomic mass is 16.6. The summed E-state index contributed by atoms with van der Waals surface area (Å²) in [5.74, 6) is 2.07. The molecule has 0 unspecified atom stereocenters. The average molecular weight is 579 g/mol. The first-order chi connectivity index (χ1) is 21.2. The van der Waals surface area contributed by atoms with Gasteiger partial charge in [-0.1, -0.05) is 84.0 Å². The van der Waals surface area contributed by atoms with E-state index in [1.165, 1.54) is 22.3 Å². The third-order valence-corrected chi connectivity index (χ3v) is 9.32. The van der Waals surface area contributed by atoms with Gasteiger partial charge in [0.25, 0.3) is 0 Å². The lowest BCUT2D eigenvalue weighted by Crippen LogP contribution is -2.38. The third kappa shape index (κ3) is 6.08. The molecule has 2 fully saturated rings. The van der Waals surface area contributed by atoms with E-state index in [-0.39, 0.29) is 17.9 Å². The zero-order chi connectivity index (χ0) is 29.0.